The van der Waals surface area contributed by atoms with Crippen LogP contribution in [0.25, 0.3) is 0 Å². The van der Waals surface area contributed by atoms with Crippen LogP contribution in [0.15, 0.2) is 0 Å². The predicted molar refractivity (Wildman–Crippen MR) is 73.6 cm³/mol. The Labute approximate surface area is 111 Å². The van der Waals surface area contributed by atoms with Crippen molar-refractivity contribution < 1.29 is 9.84 Å². The molecule has 0 aromatic carbocycles. The Balaban J connectivity index is 1.83. The SMILES string of the molecule is CC(C)C1CC(NC2CCCCCC2O)CCO1. The summed E-state index contributed by atoms with van der Waals surface area (Å²) in [6.45, 7) is 5.32. The molecule has 18 heavy (non-hydrogen) atoms. The molecule has 0 aromatic rings. The van der Waals surface area contributed by atoms with E-state index in [1.807, 2.05) is 0 Å². The summed E-state index contributed by atoms with van der Waals surface area (Å²) in [5.41, 5.74) is 0. The Morgan fingerprint density at radius 3 is 2.67 bits per heavy atom. The maximum atomic E-state index is 10.2. The van der Waals surface area contributed by atoms with Crippen LogP contribution in [-0.2, 0) is 4.74 Å². The topological polar surface area (TPSA) is 41.5 Å². The van der Waals surface area contributed by atoms with Crippen molar-refractivity contribution in [3.8, 4) is 0 Å². The van der Waals surface area contributed by atoms with Gasteiger partial charge in [-0.05, 0) is 31.6 Å². The number of hydrogen-bond acceptors (Lipinski definition) is 3. The Morgan fingerprint density at radius 2 is 1.89 bits per heavy atom. The maximum Gasteiger partial charge on any atom is 0.0693 e. The van der Waals surface area contributed by atoms with Gasteiger partial charge in [-0.15, -0.1) is 0 Å². The maximum absolute atomic E-state index is 10.2. The number of rotatable bonds is 3. The fourth-order valence-electron chi connectivity index (χ4n) is 3.23. The summed E-state index contributed by atoms with van der Waals surface area (Å²) in [6.07, 6.45) is 8.24. The highest BCUT2D eigenvalue weighted by molar-refractivity contribution is 4.86. The first-order chi connectivity index (χ1) is 8.66. The van der Waals surface area contributed by atoms with E-state index in [0.717, 1.165) is 32.3 Å². The fourth-order valence-corrected chi connectivity index (χ4v) is 3.23. The van der Waals surface area contributed by atoms with Crippen molar-refractivity contribution in [3.05, 3.63) is 0 Å². The molecule has 3 nitrogen and oxygen atoms in total. The van der Waals surface area contributed by atoms with Gasteiger partial charge < -0.3 is 15.2 Å². The number of hydrogen-bond donors (Lipinski definition) is 2. The van der Waals surface area contributed by atoms with E-state index in [1.54, 1.807) is 0 Å². The van der Waals surface area contributed by atoms with Gasteiger partial charge in [0.05, 0.1) is 12.2 Å². The van der Waals surface area contributed by atoms with Crippen molar-refractivity contribution in [1.82, 2.24) is 5.32 Å². The average Bonchev–Trinajstić information content (AvgIpc) is 2.55. The normalized spacial score (nSPS) is 38.7. The van der Waals surface area contributed by atoms with Crippen LogP contribution >= 0.6 is 0 Å². The van der Waals surface area contributed by atoms with Gasteiger partial charge in [-0.2, -0.15) is 0 Å². The van der Waals surface area contributed by atoms with Crippen molar-refractivity contribution in [2.75, 3.05) is 6.61 Å². The van der Waals surface area contributed by atoms with E-state index in [2.05, 4.69) is 19.2 Å². The van der Waals surface area contributed by atoms with Crippen molar-refractivity contribution in [2.45, 2.75) is 83.1 Å². The molecule has 106 valence electrons. The van der Waals surface area contributed by atoms with Gasteiger partial charge in [0.1, 0.15) is 0 Å². The third-order valence-corrected chi connectivity index (χ3v) is 4.49. The van der Waals surface area contributed by atoms with Crippen molar-refractivity contribution in [2.24, 2.45) is 5.92 Å². The molecule has 2 aliphatic rings. The highest BCUT2D eigenvalue weighted by Crippen LogP contribution is 2.23. The lowest BCUT2D eigenvalue weighted by Gasteiger charge is -2.35. The Bertz CT molecular complexity index is 245. The molecule has 4 atom stereocenters. The molecule has 2 fully saturated rings. The van der Waals surface area contributed by atoms with Crippen LogP contribution in [0.4, 0.5) is 0 Å². The van der Waals surface area contributed by atoms with Gasteiger partial charge in [0.15, 0.2) is 0 Å². The highest BCUT2D eigenvalue weighted by Gasteiger charge is 2.29. The molecule has 0 radical (unpaired) electrons. The summed E-state index contributed by atoms with van der Waals surface area (Å²) < 4.78 is 5.81. The lowest BCUT2D eigenvalue weighted by molar-refractivity contribution is -0.0293. The molecule has 2 rings (SSSR count). The van der Waals surface area contributed by atoms with Crippen LogP contribution in [0.1, 0.15) is 58.8 Å². The molecule has 4 unspecified atom stereocenters. The Morgan fingerprint density at radius 1 is 1.11 bits per heavy atom. The second-order valence-corrected chi connectivity index (χ2v) is 6.35. The summed E-state index contributed by atoms with van der Waals surface area (Å²) >= 11 is 0. The van der Waals surface area contributed by atoms with Gasteiger partial charge in [-0.3, -0.25) is 0 Å². The average molecular weight is 255 g/mol. The third-order valence-electron chi connectivity index (χ3n) is 4.49. The Kier molecular flexibility index (Phi) is 5.46. The molecule has 3 heteroatoms. The van der Waals surface area contributed by atoms with E-state index in [0.29, 0.717) is 24.1 Å². The summed E-state index contributed by atoms with van der Waals surface area (Å²) in [5.74, 6) is 0.591. The van der Waals surface area contributed by atoms with Gasteiger partial charge in [-0.25, -0.2) is 0 Å². The van der Waals surface area contributed by atoms with Crippen LogP contribution in [0.3, 0.4) is 0 Å². The molecular formula is C15H29NO2. The third kappa shape index (κ3) is 3.94. The molecule has 0 aromatic heterocycles. The molecule has 1 saturated carbocycles. The van der Waals surface area contributed by atoms with Gasteiger partial charge >= 0.3 is 0 Å². The molecule has 1 aliphatic carbocycles. The standard InChI is InChI=1S/C15H29NO2/c1-11(2)15-10-12(8-9-18-15)16-13-6-4-3-5-7-14(13)17/h11-17H,3-10H2,1-2H3. The van der Waals surface area contributed by atoms with Crippen LogP contribution in [0.2, 0.25) is 0 Å². The lowest BCUT2D eigenvalue weighted by atomic mass is 9.94. The molecule has 2 N–H and O–H groups in total. The first-order valence-corrected chi connectivity index (χ1v) is 7.72. The van der Waals surface area contributed by atoms with Gasteiger partial charge in [0.25, 0.3) is 0 Å². The Hall–Kier alpha value is -0.120. The van der Waals surface area contributed by atoms with E-state index >= 15 is 0 Å². The summed E-state index contributed by atoms with van der Waals surface area (Å²) in [4.78, 5) is 0. The largest absolute Gasteiger partial charge is 0.392 e. The zero-order valence-corrected chi connectivity index (χ0v) is 11.9. The summed E-state index contributed by atoms with van der Waals surface area (Å²) in [7, 11) is 0. The minimum Gasteiger partial charge on any atom is -0.392 e. The molecule has 0 bridgehead atoms. The van der Waals surface area contributed by atoms with Crippen molar-refractivity contribution in [1.29, 1.82) is 0 Å². The predicted octanol–water partition coefficient (Wildman–Crippen LogP) is 2.47. The number of ether oxygens (including phenoxy) is 1. The van der Waals surface area contributed by atoms with E-state index in [-0.39, 0.29) is 6.10 Å². The second kappa shape index (κ2) is 6.88. The van der Waals surface area contributed by atoms with Gasteiger partial charge in [-0.1, -0.05) is 33.1 Å². The highest BCUT2D eigenvalue weighted by atomic mass is 16.5. The minimum absolute atomic E-state index is 0.146. The smallest absolute Gasteiger partial charge is 0.0693 e. The zero-order valence-electron chi connectivity index (χ0n) is 11.9. The quantitative estimate of drug-likeness (QED) is 0.761. The first kappa shape index (κ1) is 14.3. The van der Waals surface area contributed by atoms with E-state index in [9.17, 15) is 5.11 Å². The molecule has 0 amide bonds. The lowest BCUT2D eigenvalue weighted by Crippen LogP contribution is -2.49. The van der Waals surface area contributed by atoms with Crippen LogP contribution < -0.4 is 5.32 Å². The van der Waals surface area contributed by atoms with E-state index < -0.39 is 0 Å². The fraction of sp³-hybridized carbons (Fsp3) is 1.00. The minimum atomic E-state index is -0.146. The second-order valence-electron chi connectivity index (χ2n) is 6.35. The number of aliphatic hydroxyl groups is 1. The first-order valence-electron chi connectivity index (χ1n) is 7.72. The van der Waals surface area contributed by atoms with Crippen LogP contribution in [-0.4, -0.2) is 36.0 Å². The number of nitrogens with one attached hydrogen (secondary N) is 1. The van der Waals surface area contributed by atoms with E-state index in [1.165, 1.54) is 19.3 Å². The van der Waals surface area contributed by atoms with Gasteiger partial charge in [0.2, 0.25) is 0 Å². The molecular weight excluding hydrogens is 226 g/mol. The number of aliphatic hydroxyl groups excluding tert-OH is 1. The summed E-state index contributed by atoms with van der Waals surface area (Å²) in [5, 5.41) is 13.9. The van der Waals surface area contributed by atoms with Crippen LogP contribution in [0, 0.1) is 5.92 Å². The summed E-state index contributed by atoms with van der Waals surface area (Å²) in [6, 6.07) is 0.840. The molecule has 1 aliphatic heterocycles. The van der Waals surface area contributed by atoms with Crippen molar-refractivity contribution in [3.63, 3.8) is 0 Å². The van der Waals surface area contributed by atoms with Crippen LogP contribution in [0.5, 0.6) is 0 Å². The monoisotopic (exact) mass is 255 g/mol. The van der Waals surface area contributed by atoms with E-state index in [4.69, 9.17) is 4.74 Å². The molecule has 1 heterocycles. The molecule has 1 saturated heterocycles. The van der Waals surface area contributed by atoms with Crippen molar-refractivity contribution >= 4 is 0 Å². The molecule has 0 spiro atoms. The van der Waals surface area contributed by atoms with Gasteiger partial charge in [0, 0.05) is 18.7 Å². The zero-order chi connectivity index (χ0) is 13.0.